The molecule has 86 valence electrons. The highest BCUT2D eigenvalue weighted by Gasteiger charge is 2.02. The number of nitrogens with one attached hydrogen (secondary N) is 1. The fraction of sp³-hybridized carbons (Fsp3) is 0.400. The third-order valence-corrected chi connectivity index (χ3v) is 2.26. The van der Waals surface area contributed by atoms with Crippen molar-refractivity contribution in [3.8, 4) is 0 Å². The van der Waals surface area contributed by atoms with Crippen LogP contribution in [0.3, 0.4) is 0 Å². The molecule has 0 unspecified atom stereocenters. The highest BCUT2D eigenvalue weighted by Crippen LogP contribution is 2.07. The molecule has 0 aliphatic rings. The summed E-state index contributed by atoms with van der Waals surface area (Å²) in [4.78, 5) is 0. The van der Waals surface area contributed by atoms with E-state index in [9.17, 15) is 0 Å². The Morgan fingerprint density at radius 3 is 2.81 bits per heavy atom. The molecule has 16 heavy (non-hydrogen) atoms. The second kappa shape index (κ2) is 4.91. The predicted molar refractivity (Wildman–Crippen MR) is 56.2 cm³/mol. The van der Waals surface area contributed by atoms with Gasteiger partial charge in [-0.15, -0.1) is 10.2 Å². The minimum absolute atomic E-state index is 0.0662. The first-order chi connectivity index (χ1) is 7.79. The summed E-state index contributed by atoms with van der Waals surface area (Å²) in [7, 11) is 1.90. The van der Waals surface area contributed by atoms with Gasteiger partial charge >= 0.3 is 0 Å². The maximum absolute atomic E-state index is 8.83. The SMILES string of the molecule is Cn1cnnc1CNCc1ccc(CO)o1. The van der Waals surface area contributed by atoms with Gasteiger partial charge in [-0.05, 0) is 12.1 Å². The van der Waals surface area contributed by atoms with Crippen molar-refractivity contribution in [1.29, 1.82) is 0 Å². The number of aromatic nitrogens is 3. The summed E-state index contributed by atoms with van der Waals surface area (Å²) in [6.07, 6.45) is 1.66. The molecule has 0 amide bonds. The Kier molecular flexibility index (Phi) is 3.33. The number of aliphatic hydroxyl groups is 1. The van der Waals surface area contributed by atoms with Crippen molar-refractivity contribution in [3.05, 3.63) is 35.8 Å². The zero-order valence-electron chi connectivity index (χ0n) is 9.05. The van der Waals surface area contributed by atoms with Gasteiger partial charge in [0.05, 0.1) is 13.1 Å². The van der Waals surface area contributed by atoms with Crippen LogP contribution in [0.5, 0.6) is 0 Å². The van der Waals surface area contributed by atoms with Crippen molar-refractivity contribution in [2.24, 2.45) is 7.05 Å². The van der Waals surface area contributed by atoms with Gasteiger partial charge in [0.25, 0.3) is 0 Å². The van der Waals surface area contributed by atoms with Crippen LogP contribution in [0.2, 0.25) is 0 Å². The summed E-state index contributed by atoms with van der Waals surface area (Å²) < 4.78 is 7.18. The van der Waals surface area contributed by atoms with E-state index in [2.05, 4.69) is 15.5 Å². The highest BCUT2D eigenvalue weighted by molar-refractivity contribution is 5.06. The Labute approximate surface area is 92.9 Å². The topological polar surface area (TPSA) is 76.1 Å². The lowest BCUT2D eigenvalue weighted by Gasteiger charge is -2.01. The van der Waals surface area contributed by atoms with Crippen LogP contribution in [0.4, 0.5) is 0 Å². The largest absolute Gasteiger partial charge is 0.462 e. The van der Waals surface area contributed by atoms with Gasteiger partial charge in [0.15, 0.2) is 0 Å². The number of furan rings is 1. The molecular formula is C10H14N4O2. The number of aryl methyl sites for hydroxylation is 1. The monoisotopic (exact) mass is 222 g/mol. The van der Waals surface area contributed by atoms with Crippen LogP contribution in [0, 0.1) is 0 Å². The summed E-state index contributed by atoms with van der Waals surface area (Å²) in [5.41, 5.74) is 0. The Morgan fingerprint density at radius 1 is 1.38 bits per heavy atom. The number of aliphatic hydroxyl groups excluding tert-OH is 1. The normalized spacial score (nSPS) is 10.9. The first-order valence-electron chi connectivity index (χ1n) is 5.01. The third kappa shape index (κ3) is 2.47. The quantitative estimate of drug-likeness (QED) is 0.755. The van der Waals surface area contributed by atoms with Crippen molar-refractivity contribution in [3.63, 3.8) is 0 Å². The Morgan fingerprint density at radius 2 is 2.19 bits per heavy atom. The number of hydrogen-bond donors (Lipinski definition) is 2. The van der Waals surface area contributed by atoms with Crippen molar-refractivity contribution < 1.29 is 9.52 Å². The van der Waals surface area contributed by atoms with Gasteiger partial charge in [0.1, 0.15) is 30.3 Å². The summed E-state index contributed by atoms with van der Waals surface area (Å²) in [5, 5.41) is 19.7. The van der Waals surface area contributed by atoms with Crippen LogP contribution in [0.1, 0.15) is 17.3 Å². The Hall–Kier alpha value is -1.66. The van der Waals surface area contributed by atoms with Gasteiger partial charge in [-0.2, -0.15) is 0 Å². The summed E-state index contributed by atoms with van der Waals surface area (Å²) >= 11 is 0. The molecule has 2 aromatic rings. The number of nitrogens with zero attached hydrogens (tertiary/aromatic N) is 3. The van der Waals surface area contributed by atoms with Crippen molar-refractivity contribution >= 4 is 0 Å². The molecule has 6 nitrogen and oxygen atoms in total. The molecule has 0 spiro atoms. The lowest BCUT2D eigenvalue weighted by molar-refractivity contribution is 0.242. The van der Waals surface area contributed by atoms with E-state index in [1.165, 1.54) is 0 Å². The molecule has 0 aliphatic heterocycles. The van der Waals surface area contributed by atoms with Crippen LogP contribution in [-0.4, -0.2) is 19.9 Å². The van der Waals surface area contributed by atoms with E-state index in [4.69, 9.17) is 9.52 Å². The Balaban J connectivity index is 1.82. The van der Waals surface area contributed by atoms with Crippen LogP contribution in [-0.2, 0) is 26.7 Å². The molecular weight excluding hydrogens is 208 g/mol. The van der Waals surface area contributed by atoms with Gasteiger partial charge in [0.2, 0.25) is 0 Å². The third-order valence-electron chi connectivity index (χ3n) is 2.26. The van der Waals surface area contributed by atoms with Crippen molar-refractivity contribution in [2.45, 2.75) is 19.7 Å². The first kappa shape index (κ1) is 10.8. The van der Waals surface area contributed by atoms with Crippen LogP contribution < -0.4 is 5.32 Å². The molecule has 0 saturated heterocycles. The molecule has 0 bridgehead atoms. The van der Waals surface area contributed by atoms with E-state index in [0.29, 0.717) is 18.8 Å². The van der Waals surface area contributed by atoms with Crippen LogP contribution in [0.15, 0.2) is 22.9 Å². The zero-order chi connectivity index (χ0) is 11.4. The molecule has 0 atom stereocenters. The van der Waals surface area contributed by atoms with E-state index >= 15 is 0 Å². The highest BCUT2D eigenvalue weighted by atomic mass is 16.4. The molecule has 2 heterocycles. The van der Waals surface area contributed by atoms with E-state index in [-0.39, 0.29) is 6.61 Å². The van der Waals surface area contributed by atoms with E-state index in [1.807, 2.05) is 17.7 Å². The number of hydrogen-bond acceptors (Lipinski definition) is 5. The molecule has 0 radical (unpaired) electrons. The molecule has 0 aliphatic carbocycles. The molecule has 2 N–H and O–H groups in total. The number of rotatable bonds is 5. The lowest BCUT2D eigenvalue weighted by atomic mass is 10.4. The predicted octanol–water partition coefficient (Wildman–Crippen LogP) is 0.190. The molecule has 0 aromatic carbocycles. The lowest BCUT2D eigenvalue weighted by Crippen LogP contribution is -2.15. The van der Waals surface area contributed by atoms with E-state index in [0.717, 1.165) is 11.6 Å². The maximum Gasteiger partial charge on any atom is 0.146 e. The van der Waals surface area contributed by atoms with E-state index in [1.54, 1.807) is 12.4 Å². The smallest absolute Gasteiger partial charge is 0.146 e. The van der Waals surface area contributed by atoms with Gasteiger partial charge in [-0.25, -0.2) is 0 Å². The molecule has 2 rings (SSSR count). The summed E-state index contributed by atoms with van der Waals surface area (Å²) in [6.45, 7) is 1.17. The summed E-state index contributed by atoms with van der Waals surface area (Å²) in [6, 6.07) is 3.61. The molecule has 6 heteroatoms. The second-order valence-electron chi connectivity index (χ2n) is 3.49. The zero-order valence-corrected chi connectivity index (χ0v) is 9.05. The van der Waals surface area contributed by atoms with Crippen molar-refractivity contribution in [2.75, 3.05) is 0 Å². The first-order valence-corrected chi connectivity index (χ1v) is 5.01. The Bertz CT molecular complexity index is 449. The molecule has 0 saturated carbocycles. The van der Waals surface area contributed by atoms with Crippen LogP contribution in [0.25, 0.3) is 0 Å². The van der Waals surface area contributed by atoms with Crippen molar-refractivity contribution in [1.82, 2.24) is 20.1 Å². The fourth-order valence-electron chi connectivity index (χ4n) is 1.37. The van der Waals surface area contributed by atoms with Crippen LogP contribution >= 0.6 is 0 Å². The average Bonchev–Trinajstić information content (AvgIpc) is 2.89. The maximum atomic E-state index is 8.83. The standard InChI is InChI=1S/C10H14N4O2/c1-14-7-12-13-10(14)5-11-4-8-2-3-9(6-15)16-8/h2-3,7,11,15H,4-6H2,1H3. The second-order valence-corrected chi connectivity index (χ2v) is 3.49. The molecule has 0 fully saturated rings. The van der Waals surface area contributed by atoms with Gasteiger partial charge < -0.3 is 19.4 Å². The summed E-state index contributed by atoms with van der Waals surface area (Å²) in [5.74, 6) is 2.25. The fourth-order valence-corrected chi connectivity index (χ4v) is 1.37. The van der Waals surface area contributed by atoms with Gasteiger partial charge in [0, 0.05) is 7.05 Å². The molecule has 2 aromatic heterocycles. The minimum Gasteiger partial charge on any atom is -0.462 e. The van der Waals surface area contributed by atoms with Gasteiger partial charge in [-0.3, -0.25) is 0 Å². The minimum atomic E-state index is -0.0662. The van der Waals surface area contributed by atoms with Gasteiger partial charge in [-0.1, -0.05) is 0 Å². The van der Waals surface area contributed by atoms with E-state index < -0.39 is 0 Å². The average molecular weight is 222 g/mol.